The van der Waals surface area contributed by atoms with E-state index < -0.39 is 0 Å². The molecule has 2 aromatic carbocycles. The Morgan fingerprint density at radius 2 is 1.77 bits per heavy atom. The molecule has 0 unspecified atom stereocenters. The molecule has 132 valence electrons. The maximum absolute atomic E-state index is 6.37. The second kappa shape index (κ2) is 6.02. The first-order valence-electron chi connectivity index (χ1n) is 8.76. The molecule has 2 heterocycles. The summed E-state index contributed by atoms with van der Waals surface area (Å²) in [6, 6.07) is 14.6. The van der Waals surface area contributed by atoms with Crippen LogP contribution >= 0.6 is 0 Å². The Hall–Kier alpha value is -3.08. The fourth-order valence-corrected chi connectivity index (χ4v) is 3.67. The van der Waals surface area contributed by atoms with Crippen LogP contribution in [0.2, 0.25) is 0 Å². The van der Waals surface area contributed by atoms with E-state index in [-0.39, 0.29) is 0 Å². The Balaban J connectivity index is 1.92. The highest BCUT2D eigenvalue weighted by Crippen LogP contribution is 2.33. The molecular formula is C21H23N5. The van der Waals surface area contributed by atoms with Crippen LogP contribution in [0.1, 0.15) is 22.8 Å². The number of hydrogen-bond donors (Lipinski definition) is 1. The molecule has 0 spiro atoms. The zero-order valence-corrected chi connectivity index (χ0v) is 15.6. The van der Waals surface area contributed by atoms with Gasteiger partial charge >= 0.3 is 0 Å². The van der Waals surface area contributed by atoms with Crippen LogP contribution < -0.4 is 5.73 Å². The number of nitrogen functional groups attached to an aromatic ring is 1. The SMILES string of the molecule is Cc1nn(C)c(C)c1-c1cc(N)c2nc(C)n(Cc3ccccc3)c2c1. The van der Waals surface area contributed by atoms with Gasteiger partial charge in [-0.1, -0.05) is 30.3 Å². The van der Waals surface area contributed by atoms with Gasteiger partial charge in [-0.3, -0.25) is 4.68 Å². The monoisotopic (exact) mass is 345 g/mol. The molecule has 0 aliphatic carbocycles. The summed E-state index contributed by atoms with van der Waals surface area (Å²) in [4.78, 5) is 4.71. The summed E-state index contributed by atoms with van der Waals surface area (Å²) in [5, 5.41) is 4.55. The molecule has 0 saturated carbocycles. The maximum Gasteiger partial charge on any atom is 0.112 e. The van der Waals surface area contributed by atoms with Crippen molar-refractivity contribution in [2.45, 2.75) is 27.3 Å². The van der Waals surface area contributed by atoms with Crippen LogP contribution in [0.5, 0.6) is 0 Å². The van der Waals surface area contributed by atoms with Gasteiger partial charge in [0.25, 0.3) is 0 Å². The molecule has 0 atom stereocenters. The van der Waals surface area contributed by atoms with Crippen LogP contribution in [0, 0.1) is 20.8 Å². The number of hydrogen-bond acceptors (Lipinski definition) is 3. The third-order valence-electron chi connectivity index (χ3n) is 5.06. The summed E-state index contributed by atoms with van der Waals surface area (Å²) in [5.74, 6) is 0.965. The lowest BCUT2D eigenvalue weighted by atomic mass is 10.0. The number of aryl methyl sites for hydroxylation is 3. The van der Waals surface area contributed by atoms with Gasteiger partial charge in [-0.2, -0.15) is 5.10 Å². The van der Waals surface area contributed by atoms with Crippen molar-refractivity contribution in [3.63, 3.8) is 0 Å². The zero-order chi connectivity index (χ0) is 18.4. The van der Waals surface area contributed by atoms with Crippen LogP contribution in [-0.2, 0) is 13.6 Å². The lowest BCUT2D eigenvalue weighted by molar-refractivity contribution is 0.731. The number of imidazole rings is 1. The Kier molecular flexibility index (Phi) is 3.80. The molecule has 0 bridgehead atoms. The van der Waals surface area contributed by atoms with E-state index in [0.29, 0.717) is 5.69 Å². The van der Waals surface area contributed by atoms with Gasteiger partial charge in [0.1, 0.15) is 11.3 Å². The summed E-state index contributed by atoms with van der Waals surface area (Å²) in [6.45, 7) is 6.93. The van der Waals surface area contributed by atoms with Gasteiger partial charge in [-0.15, -0.1) is 0 Å². The first-order chi connectivity index (χ1) is 12.5. The number of rotatable bonds is 3. The molecular weight excluding hydrogens is 322 g/mol. The van der Waals surface area contributed by atoms with E-state index >= 15 is 0 Å². The van der Waals surface area contributed by atoms with Gasteiger partial charge < -0.3 is 10.3 Å². The van der Waals surface area contributed by atoms with Gasteiger partial charge in [0.15, 0.2) is 0 Å². The number of nitrogens with two attached hydrogens (primary N) is 1. The van der Waals surface area contributed by atoms with Gasteiger partial charge in [-0.25, -0.2) is 4.98 Å². The second-order valence-electron chi connectivity index (χ2n) is 6.83. The van der Waals surface area contributed by atoms with Crippen molar-refractivity contribution in [3.8, 4) is 11.1 Å². The largest absolute Gasteiger partial charge is 0.397 e. The lowest BCUT2D eigenvalue weighted by Crippen LogP contribution is -2.02. The van der Waals surface area contributed by atoms with Crippen molar-refractivity contribution in [2.75, 3.05) is 5.73 Å². The highest BCUT2D eigenvalue weighted by Gasteiger charge is 2.17. The van der Waals surface area contributed by atoms with Crippen molar-refractivity contribution in [3.05, 3.63) is 65.2 Å². The Morgan fingerprint density at radius 3 is 2.42 bits per heavy atom. The third kappa shape index (κ3) is 2.56. The number of nitrogens with zero attached hydrogens (tertiary/aromatic N) is 4. The molecule has 5 heteroatoms. The van der Waals surface area contributed by atoms with Crippen molar-refractivity contribution < 1.29 is 0 Å². The summed E-state index contributed by atoms with van der Waals surface area (Å²) in [5.41, 5.74) is 14.6. The molecule has 0 aliphatic rings. The molecule has 5 nitrogen and oxygen atoms in total. The molecule has 0 saturated heterocycles. The maximum atomic E-state index is 6.37. The molecule has 4 rings (SSSR count). The molecule has 0 fully saturated rings. The average molecular weight is 345 g/mol. The predicted octanol–water partition coefficient (Wildman–Crippen LogP) is 3.99. The summed E-state index contributed by atoms with van der Waals surface area (Å²) >= 11 is 0. The van der Waals surface area contributed by atoms with Crippen molar-refractivity contribution >= 4 is 16.7 Å². The molecule has 2 N–H and O–H groups in total. The quantitative estimate of drug-likeness (QED) is 0.571. The van der Waals surface area contributed by atoms with Gasteiger partial charge in [0.2, 0.25) is 0 Å². The van der Waals surface area contributed by atoms with E-state index in [9.17, 15) is 0 Å². The Morgan fingerprint density at radius 1 is 1.04 bits per heavy atom. The fourth-order valence-electron chi connectivity index (χ4n) is 3.67. The van der Waals surface area contributed by atoms with E-state index in [2.05, 4.69) is 46.9 Å². The zero-order valence-electron chi connectivity index (χ0n) is 15.6. The molecule has 0 amide bonds. The molecule has 4 aromatic rings. The molecule has 0 radical (unpaired) electrons. The van der Waals surface area contributed by atoms with Crippen LogP contribution in [0.4, 0.5) is 5.69 Å². The Labute approximate surface area is 153 Å². The van der Waals surface area contributed by atoms with E-state index in [1.165, 1.54) is 5.56 Å². The number of benzene rings is 2. The van der Waals surface area contributed by atoms with Crippen LogP contribution in [-0.4, -0.2) is 19.3 Å². The van der Waals surface area contributed by atoms with Gasteiger partial charge in [0, 0.05) is 24.8 Å². The fraction of sp³-hybridized carbons (Fsp3) is 0.238. The lowest BCUT2D eigenvalue weighted by Gasteiger charge is -2.10. The van der Waals surface area contributed by atoms with Crippen LogP contribution in [0.25, 0.3) is 22.2 Å². The third-order valence-corrected chi connectivity index (χ3v) is 5.06. The van der Waals surface area contributed by atoms with E-state index in [1.807, 2.05) is 37.7 Å². The minimum Gasteiger partial charge on any atom is -0.397 e. The van der Waals surface area contributed by atoms with Crippen molar-refractivity contribution in [2.24, 2.45) is 7.05 Å². The van der Waals surface area contributed by atoms with E-state index in [4.69, 9.17) is 10.7 Å². The highest BCUT2D eigenvalue weighted by molar-refractivity contribution is 5.93. The predicted molar refractivity (Wildman–Crippen MR) is 106 cm³/mol. The number of anilines is 1. The minimum atomic E-state index is 0.704. The summed E-state index contributed by atoms with van der Waals surface area (Å²) in [7, 11) is 1.97. The van der Waals surface area contributed by atoms with E-state index in [0.717, 1.165) is 45.9 Å². The van der Waals surface area contributed by atoms with Gasteiger partial charge in [0.05, 0.1) is 16.9 Å². The van der Waals surface area contributed by atoms with E-state index in [1.54, 1.807) is 0 Å². The number of aromatic nitrogens is 4. The van der Waals surface area contributed by atoms with Crippen molar-refractivity contribution in [1.82, 2.24) is 19.3 Å². The highest BCUT2D eigenvalue weighted by atomic mass is 15.3. The molecule has 2 aromatic heterocycles. The molecule has 0 aliphatic heterocycles. The number of fused-ring (bicyclic) bond motifs is 1. The topological polar surface area (TPSA) is 61.7 Å². The standard InChI is InChI=1S/C21H23N5/c1-13-20(14(2)25(4)24-13)17-10-18(22)21-19(11-17)26(15(3)23-21)12-16-8-6-5-7-9-16/h5-11H,12,22H2,1-4H3. The minimum absolute atomic E-state index is 0.704. The normalized spacial score (nSPS) is 11.4. The Bertz CT molecular complexity index is 1100. The summed E-state index contributed by atoms with van der Waals surface area (Å²) in [6.07, 6.45) is 0. The van der Waals surface area contributed by atoms with Crippen LogP contribution in [0.3, 0.4) is 0 Å². The first kappa shape index (κ1) is 16.4. The second-order valence-corrected chi connectivity index (χ2v) is 6.83. The summed E-state index contributed by atoms with van der Waals surface area (Å²) < 4.78 is 4.14. The van der Waals surface area contributed by atoms with Crippen LogP contribution in [0.15, 0.2) is 42.5 Å². The average Bonchev–Trinajstić information content (AvgIpc) is 3.05. The first-order valence-corrected chi connectivity index (χ1v) is 8.76. The van der Waals surface area contributed by atoms with Crippen molar-refractivity contribution in [1.29, 1.82) is 0 Å². The smallest absolute Gasteiger partial charge is 0.112 e. The molecule has 26 heavy (non-hydrogen) atoms. The van der Waals surface area contributed by atoms with Gasteiger partial charge in [-0.05, 0) is 44.0 Å².